The van der Waals surface area contributed by atoms with Gasteiger partial charge in [0.2, 0.25) is 53.5 Å². The number of aliphatic hydroxyl groups is 4. The first kappa shape index (κ1) is 79.1. The number of aliphatic carboxylic acids is 1. The van der Waals surface area contributed by atoms with E-state index in [-0.39, 0.29) is 43.1 Å². The predicted molar refractivity (Wildman–Crippen MR) is 340 cm³/mol. The summed E-state index contributed by atoms with van der Waals surface area (Å²) in [5.41, 5.74) is 0.473. The lowest BCUT2D eigenvalue weighted by Gasteiger charge is -2.38. The van der Waals surface area contributed by atoms with Crippen molar-refractivity contribution in [3.05, 3.63) is 106 Å². The van der Waals surface area contributed by atoms with Gasteiger partial charge in [-0.25, -0.2) is 14.4 Å². The SMILES string of the molecule is CC[C@H](C)[C@H](NC(=O)CNC(=O)OCc1ccc(O[C@@H]2O[C@H](C(=O)OC)[C@@H](O)[C@H](O)[C@H]2O)c([N+](=O)[O-])c1)C(=O)N[C@@H](CC(C)C)C(=O)NCC(=O)N[C@@H](Cc1ccccc1)C(=O)N[C@H](C(=O)N[C@@H](Cc1ccccc1)C(=O)N[C@H](C(=O)N[C@@H](CC(C)C)C(=O)O)[C@@H](C)O)C(C)C. The van der Waals surface area contributed by atoms with Gasteiger partial charge in [-0.2, -0.15) is 0 Å². The fourth-order valence-corrected chi connectivity index (χ4v) is 9.84. The lowest BCUT2D eigenvalue weighted by atomic mass is 9.96. The van der Waals surface area contributed by atoms with Gasteiger partial charge in [0.25, 0.3) is 0 Å². The third kappa shape index (κ3) is 24.8. The number of carboxylic acid groups (broad SMARTS) is 1. The van der Waals surface area contributed by atoms with E-state index in [4.69, 9.17) is 14.2 Å². The molecule has 9 amide bonds. The molecule has 0 radical (unpaired) electrons. The number of carbonyl (C=O) groups is 11. The van der Waals surface area contributed by atoms with Gasteiger partial charge in [-0.3, -0.25) is 48.5 Å². The van der Waals surface area contributed by atoms with Crippen LogP contribution < -0.4 is 52.6 Å². The van der Waals surface area contributed by atoms with Gasteiger partial charge in [0.15, 0.2) is 11.9 Å². The minimum Gasteiger partial charge on any atom is -0.480 e. The number of hydrogen-bond acceptors (Lipinski definition) is 21. The van der Waals surface area contributed by atoms with Crippen LogP contribution in [-0.4, -0.2) is 195 Å². The summed E-state index contributed by atoms with van der Waals surface area (Å²) in [7, 11) is 0.973. The summed E-state index contributed by atoms with van der Waals surface area (Å²) in [5, 5.41) is 86.0. The number of ether oxygens (including phenoxy) is 4. The second-order valence-electron chi connectivity index (χ2n) is 24.4. The van der Waals surface area contributed by atoms with E-state index in [1.54, 1.807) is 116 Å². The van der Waals surface area contributed by atoms with Gasteiger partial charge in [-0.05, 0) is 66.2 Å². The van der Waals surface area contributed by atoms with Gasteiger partial charge in [0.1, 0.15) is 73.8 Å². The van der Waals surface area contributed by atoms with Crippen molar-refractivity contribution in [1.29, 1.82) is 0 Å². The van der Waals surface area contributed by atoms with E-state index >= 15 is 0 Å². The summed E-state index contributed by atoms with van der Waals surface area (Å²) < 4.78 is 20.3. The molecular formula is C64H90N10O22. The molecule has 14 atom stereocenters. The molecule has 1 heterocycles. The number of benzene rings is 3. The van der Waals surface area contributed by atoms with Gasteiger partial charge in [0.05, 0.1) is 24.7 Å². The zero-order valence-corrected chi connectivity index (χ0v) is 55.1. The fraction of sp³-hybridized carbons (Fsp3) is 0.547. The molecule has 3 aromatic carbocycles. The van der Waals surface area contributed by atoms with Crippen LogP contribution in [-0.2, 0) is 81.6 Å². The minimum absolute atomic E-state index is 0.0382. The van der Waals surface area contributed by atoms with Crippen molar-refractivity contribution in [2.45, 2.75) is 180 Å². The molecular weight excluding hydrogens is 1260 g/mol. The number of methoxy groups -OCH3 is 1. The Bertz CT molecular complexity index is 3160. The maximum Gasteiger partial charge on any atom is 0.407 e. The lowest BCUT2D eigenvalue weighted by molar-refractivity contribution is -0.387. The summed E-state index contributed by atoms with van der Waals surface area (Å²) in [4.78, 5) is 159. The number of esters is 1. The van der Waals surface area contributed by atoms with Crippen molar-refractivity contribution in [2.75, 3.05) is 20.2 Å². The maximum atomic E-state index is 14.4. The largest absolute Gasteiger partial charge is 0.480 e. The first-order valence-corrected chi connectivity index (χ1v) is 31.2. The first-order chi connectivity index (χ1) is 45.2. The number of amides is 9. The molecule has 1 aliphatic heterocycles. The molecule has 96 heavy (non-hydrogen) atoms. The topological polar surface area (TPSA) is 477 Å². The Labute approximate surface area is 554 Å². The van der Waals surface area contributed by atoms with Crippen LogP contribution >= 0.6 is 0 Å². The molecule has 0 unspecified atom stereocenters. The van der Waals surface area contributed by atoms with Crippen molar-refractivity contribution < 1.29 is 102 Å². The number of aliphatic hydroxyl groups excluding tert-OH is 4. The Kier molecular flexibility index (Phi) is 31.5. The van der Waals surface area contributed by atoms with Crippen LogP contribution in [0.25, 0.3) is 0 Å². The zero-order valence-electron chi connectivity index (χ0n) is 55.1. The van der Waals surface area contributed by atoms with Crippen molar-refractivity contribution in [1.82, 2.24) is 47.9 Å². The molecule has 0 bridgehead atoms. The zero-order chi connectivity index (χ0) is 71.7. The van der Waals surface area contributed by atoms with Crippen LogP contribution in [0.2, 0.25) is 0 Å². The predicted octanol–water partition coefficient (Wildman–Crippen LogP) is -0.565. The van der Waals surface area contributed by atoms with E-state index in [0.29, 0.717) is 17.5 Å². The van der Waals surface area contributed by atoms with Crippen LogP contribution in [0.4, 0.5) is 10.5 Å². The molecule has 528 valence electrons. The van der Waals surface area contributed by atoms with Gasteiger partial charge in [-0.15, -0.1) is 0 Å². The third-order valence-electron chi connectivity index (χ3n) is 15.3. The van der Waals surface area contributed by atoms with Gasteiger partial charge in [0, 0.05) is 18.9 Å². The second kappa shape index (κ2) is 38.2. The summed E-state index contributed by atoms with van der Waals surface area (Å²) in [6.45, 7) is 12.9. The van der Waals surface area contributed by atoms with Crippen molar-refractivity contribution >= 4 is 71.0 Å². The highest BCUT2D eigenvalue weighted by Crippen LogP contribution is 2.32. The Morgan fingerprint density at radius 1 is 0.573 bits per heavy atom. The molecule has 1 aliphatic rings. The number of carboxylic acids is 1. The average Bonchev–Trinajstić information content (AvgIpc) is 0.805. The summed E-state index contributed by atoms with van der Waals surface area (Å²) >= 11 is 0. The molecule has 0 saturated carbocycles. The van der Waals surface area contributed by atoms with Crippen LogP contribution in [0.5, 0.6) is 5.75 Å². The number of alkyl carbamates (subject to hydrolysis) is 1. The summed E-state index contributed by atoms with van der Waals surface area (Å²) in [5.74, 6) is -11.4. The summed E-state index contributed by atoms with van der Waals surface area (Å²) in [6.07, 6.45) is -12.1. The van der Waals surface area contributed by atoms with Crippen LogP contribution in [0.3, 0.4) is 0 Å². The van der Waals surface area contributed by atoms with E-state index in [2.05, 4.69) is 52.6 Å². The van der Waals surface area contributed by atoms with E-state index in [1.807, 2.05) is 0 Å². The maximum absolute atomic E-state index is 14.4. The number of rotatable bonds is 36. The van der Waals surface area contributed by atoms with Gasteiger partial charge >= 0.3 is 23.7 Å². The standard InChI is InChI=1S/C64H90N10O22/c1-11-35(8)49(71-47(77)30-66-64(90)94-31-39-22-23-45(44(28-39)74(91)92)95-63-53(80)51(78)52(79)54(96-63)62(89)93-10)59(85)68-40(24-32(2)3)55(81)65-29-46(76)67-41(26-37-18-14-12-15-19-37)56(82)72-48(34(6)7)58(84)69-42(27-38-20-16-13-17-21-38)57(83)73-50(36(9)75)60(86)70-43(61(87)88)25-33(4)5/h12-23,28,32-36,40-43,48-54,63,75,78-80H,11,24-27,29-31H2,1-10H3,(H,65,81)(H,66,90)(H,67,76)(H,68,85)(H,69,84)(H,70,86)(H,71,77)(H,72,82)(H,73,83)(H,87,88)/t35-,36+,40-,41-,42-,43-,48-,49-,50-,51-,52-,53+,54-,63+/m0/s1. The van der Waals surface area contributed by atoms with Crippen LogP contribution in [0.1, 0.15) is 98.3 Å². The molecule has 14 N–H and O–H groups in total. The molecule has 1 fully saturated rings. The summed E-state index contributed by atoms with van der Waals surface area (Å²) in [6, 6.07) is 10.5. The highest BCUT2D eigenvalue weighted by atomic mass is 16.7. The van der Waals surface area contributed by atoms with E-state index in [1.165, 1.54) is 13.0 Å². The fourth-order valence-electron chi connectivity index (χ4n) is 9.84. The van der Waals surface area contributed by atoms with Crippen molar-refractivity contribution in [3.63, 3.8) is 0 Å². The molecule has 32 heteroatoms. The first-order valence-electron chi connectivity index (χ1n) is 31.2. The number of nitro groups is 1. The average molecular weight is 1350 g/mol. The number of nitro benzene ring substituents is 1. The molecule has 32 nitrogen and oxygen atoms in total. The Morgan fingerprint density at radius 2 is 1.07 bits per heavy atom. The molecule has 0 aliphatic carbocycles. The molecule has 3 aromatic rings. The van der Waals surface area contributed by atoms with Crippen LogP contribution in [0, 0.1) is 33.8 Å². The normalized spacial score (nSPS) is 18.8. The highest BCUT2D eigenvalue weighted by Gasteiger charge is 2.49. The molecule has 1 saturated heterocycles. The molecule has 0 spiro atoms. The highest BCUT2D eigenvalue weighted by molar-refractivity contribution is 5.98. The van der Waals surface area contributed by atoms with Crippen LogP contribution in [0.15, 0.2) is 78.9 Å². The number of nitrogens with zero attached hydrogens (tertiary/aromatic N) is 1. The van der Waals surface area contributed by atoms with E-state index in [9.17, 15) is 88.4 Å². The van der Waals surface area contributed by atoms with E-state index < -0.39 is 192 Å². The Hall–Kier alpha value is -9.37. The lowest BCUT2D eigenvalue weighted by Crippen LogP contribution is -2.62. The smallest absolute Gasteiger partial charge is 0.407 e. The number of nitrogens with one attached hydrogen (secondary N) is 9. The van der Waals surface area contributed by atoms with Gasteiger partial charge < -0.3 is 92.3 Å². The molecule has 0 aromatic heterocycles. The van der Waals surface area contributed by atoms with Gasteiger partial charge in [-0.1, -0.05) is 129 Å². The monoisotopic (exact) mass is 1350 g/mol. The Morgan fingerprint density at radius 3 is 1.59 bits per heavy atom. The minimum atomic E-state index is -1.98. The quantitative estimate of drug-likeness (QED) is 0.0197. The third-order valence-corrected chi connectivity index (χ3v) is 15.3. The van der Waals surface area contributed by atoms with E-state index in [0.717, 1.165) is 19.2 Å². The van der Waals surface area contributed by atoms with Crippen molar-refractivity contribution in [2.24, 2.45) is 23.7 Å². The second-order valence-corrected chi connectivity index (χ2v) is 24.4. The Balaban J connectivity index is 1.41. The number of carbonyl (C=O) groups excluding carboxylic acids is 10. The number of hydrogen-bond donors (Lipinski definition) is 14. The molecule has 4 rings (SSSR count). The van der Waals surface area contributed by atoms with Crippen molar-refractivity contribution in [3.8, 4) is 5.75 Å².